The standard InChI is InChI=1S/2C12H18O.4C8H17.O.2Sn/c2*1-3-4-5-8-11-10(2)7-6-9-12(11)13;4*1-3-5-7-8-6-4-2;;;/h2*6-7,9,13H,3-5,8H2,1-2H3;4*1,3-8H2,2H3;;;/q;;;;;;;2*+1/p-2. The van der Waals surface area contributed by atoms with E-state index in [4.69, 9.17) is 7.56 Å². The maximum atomic E-state index is 8.56. The molecule has 0 fully saturated rings. The summed E-state index contributed by atoms with van der Waals surface area (Å²) in [7, 11) is 0. The van der Waals surface area contributed by atoms with Gasteiger partial charge in [-0.1, -0.05) is 0 Å². The van der Waals surface area contributed by atoms with Crippen molar-refractivity contribution in [3.8, 4) is 11.5 Å². The van der Waals surface area contributed by atoms with E-state index >= 15 is 0 Å². The molecular weight excluding hydrogens is 958 g/mol. The van der Waals surface area contributed by atoms with Crippen molar-refractivity contribution in [3.63, 3.8) is 0 Å². The molecule has 0 aliphatic rings. The molecule has 0 bridgehead atoms. The second-order valence-corrected chi connectivity index (χ2v) is 41.0. The van der Waals surface area contributed by atoms with Gasteiger partial charge in [0.2, 0.25) is 0 Å². The van der Waals surface area contributed by atoms with Gasteiger partial charge >= 0.3 is 395 Å². The first kappa shape index (κ1) is 56.7. The quantitative estimate of drug-likeness (QED) is 0.0490. The van der Waals surface area contributed by atoms with E-state index in [0.29, 0.717) is 0 Å². The van der Waals surface area contributed by atoms with E-state index in [1.54, 1.807) is 0 Å². The molecule has 0 unspecified atom stereocenters. The zero-order valence-corrected chi connectivity index (χ0v) is 47.9. The topological polar surface area (TPSA) is 27.7 Å². The third-order valence-corrected chi connectivity index (χ3v) is 45.9. The van der Waals surface area contributed by atoms with Gasteiger partial charge in [-0.3, -0.25) is 0 Å². The minimum absolute atomic E-state index is 1.11. The van der Waals surface area contributed by atoms with Crippen LogP contribution >= 0.6 is 0 Å². The van der Waals surface area contributed by atoms with E-state index < -0.39 is 38.4 Å². The molecule has 0 radical (unpaired) electrons. The average Bonchev–Trinajstić information content (AvgIpc) is 3.25. The Morgan fingerprint density at radius 3 is 0.885 bits per heavy atom. The normalized spacial score (nSPS) is 12.1. The fourth-order valence-corrected chi connectivity index (χ4v) is 50.1. The van der Waals surface area contributed by atoms with Crippen molar-refractivity contribution in [2.45, 2.75) is 279 Å². The summed E-state index contributed by atoms with van der Waals surface area (Å²) in [5.41, 5.74) is 5.71. The van der Waals surface area contributed by atoms with Crippen LogP contribution in [0.5, 0.6) is 11.5 Å². The molecule has 2 rings (SSSR count). The van der Waals surface area contributed by atoms with Gasteiger partial charge in [0.15, 0.2) is 0 Å². The van der Waals surface area contributed by atoms with Gasteiger partial charge in [0.05, 0.1) is 0 Å². The molecule has 0 amide bonds. The first-order valence-electron chi connectivity index (χ1n) is 27.1. The summed E-state index contributed by atoms with van der Waals surface area (Å²) >= 11 is -7.84. The second-order valence-electron chi connectivity index (χ2n) is 19.2. The van der Waals surface area contributed by atoms with Crippen LogP contribution in [0.25, 0.3) is 0 Å². The number of unbranched alkanes of at least 4 members (excludes halogenated alkanes) is 24. The van der Waals surface area contributed by atoms with Gasteiger partial charge in [0.1, 0.15) is 0 Å². The second kappa shape index (κ2) is 36.8. The molecule has 0 aromatic heterocycles. The van der Waals surface area contributed by atoms with Crippen molar-refractivity contribution in [1.82, 2.24) is 0 Å². The fraction of sp³-hybridized carbons (Fsp3) is 0.786. The van der Waals surface area contributed by atoms with Crippen LogP contribution < -0.4 is 6.15 Å². The zero-order valence-electron chi connectivity index (χ0n) is 42.1. The summed E-state index contributed by atoms with van der Waals surface area (Å²) < 4.78 is 29.3. The van der Waals surface area contributed by atoms with Gasteiger partial charge in [0, 0.05) is 0 Å². The number of benzene rings is 2. The van der Waals surface area contributed by atoms with Crippen molar-refractivity contribution in [2.75, 3.05) is 0 Å². The zero-order chi connectivity index (χ0) is 44.3. The molecule has 0 atom stereocenters. The van der Waals surface area contributed by atoms with Crippen LogP contribution in [0.2, 0.25) is 17.7 Å². The Bertz CT molecular complexity index is 1200. The van der Waals surface area contributed by atoms with Crippen LogP contribution in [0, 0.1) is 13.8 Å². The van der Waals surface area contributed by atoms with E-state index in [-0.39, 0.29) is 0 Å². The molecule has 61 heavy (non-hydrogen) atoms. The van der Waals surface area contributed by atoms with Gasteiger partial charge in [0.25, 0.3) is 0 Å². The Labute approximate surface area is 391 Å². The molecule has 0 aliphatic heterocycles. The van der Waals surface area contributed by atoms with E-state index in [2.05, 4.69) is 91.8 Å². The van der Waals surface area contributed by atoms with Crippen molar-refractivity contribution < 1.29 is 7.56 Å². The van der Waals surface area contributed by atoms with Crippen molar-refractivity contribution in [2.24, 2.45) is 0 Å². The third kappa shape index (κ3) is 24.6. The van der Waals surface area contributed by atoms with Gasteiger partial charge in [-0.05, 0) is 0 Å². The monoisotopic (exact) mass is 1060 g/mol. The molecule has 0 N–H and O–H groups in total. The molecule has 2 aromatic rings. The number of hydrogen-bond donors (Lipinski definition) is 0. The van der Waals surface area contributed by atoms with Crippen LogP contribution in [-0.4, -0.2) is 38.4 Å². The minimum atomic E-state index is -3.92. The van der Waals surface area contributed by atoms with Crippen LogP contribution in [0.1, 0.15) is 256 Å². The fourth-order valence-electron chi connectivity index (χ4n) is 9.42. The number of rotatable bonds is 42. The molecule has 2 aromatic carbocycles. The van der Waals surface area contributed by atoms with E-state index in [1.165, 1.54) is 244 Å². The SMILES string of the molecule is CCCCCCC[CH2][Sn]([CH2]CCCCCCC)([O]c1cccc(C)c1CCCCC)[O][Sn]([CH2]CCCCCCC)([CH2]CCCCCCC)[O]c1cccc(C)c1CCCCC. The third-order valence-electron chi connectivity index (χ3n) is 13.4. The first-order chi connectivity index (χ1) is 29.8. The predicted octanol–water partition coefficient (Wildman–Crippen LogP) is 19.6. The first-order valence-corrected chi connectivity index (χ1v) is 39.8. The van der Waals surface area contributed by atoms with Crippen LogP contribution in [0.15, 0.2) is 36.4 Å². The van der Waals surface area contributed by atoms with E-state index in [1.807, 2.05) is 0 Å². The molecule has 0 aliphatic carbocycles. The Morgan fingerprint density at radius 2 is 0.590 bits per heavy atom. The van der Waals surface area contributed by atoms with Crippen molar-refractivity contribution >= 4 is 38.4 Å². The Kier molecular flexibility index (Phi) is 34.2. The molecular formula is C56H102O3Sn2. The molecule has 352 valence electrons. The Balaban J connectivity index is 2.82. The van der Waals surface area contributed by atoms with Crippen LogP contribution in [-0.2, 0) is 14.3 Å². The van der Waals surface area contributed by atoms with Gasteiger partial charge in [-0.2, -0.15) is 0 Å². The van der Waals surface area contributed by atoms with Crippen molar-refractivity contribution in [1.29, 1.82) is 0 Å². The Morgan fingerprint density at radius 1 is 0.328 bits per heavy atom. The van der Waals surface area contributed by atoms with Gasteiger partial charge in [-0.15, -0.1) is 0 Å². The molecule has 0 saturated heterocycles. The summed E-state index contributed by atoms with van der Waals surface area (Å²) in [6, 6.07) is 13.9. The number of aryl methyl sites for hydroxylation is 2. The van der Waals surface area contributed by atoms with Crippen molar-refractivity contribution in [3.05, 3.63) is 58.7 Å². The molecule has 5 heteroatoms. The summed E-state index contributed by atoms with van der Waals surface area (Å²) in [5.74, 6) is 2.36. The summed E-state index contributed by atoms with van der Waals surface area (Å²) in [5, 5.41) is 0. The maximum absolute atomic E-state index is 8.56. The van der Waals surface area contributed by atoms with Crippen LogP contribution in [0.3, 0.4) is 0 Å². The molecule has 0 spiro atoms. The molecule has 0 saturated carbocycles. The predicted molar refractivity (Wildman–Crippen MR) is 275 cm³/mol. The van der Waals surface area contributed by atoms with Gasteiger partial charge < -0.3 is 0 Å². The molecule has 0 heterocycles. The summed E-state index contributed by atoms with van der Waals surface area (Å²) in [6.45, 7) is 18.7. The van der Waals surface area contributed by atoms with E-state index in [9.17, 15) is 0 Å². The molecule has 3 nitrogen and oxygen atoms in total. The van der Waals surface area contributed by atoms with Crippen LogP contribution in [0.4, 0.5) is 0 Å². The van der Waals surface area contributed by atoms with Gasteiger partial charge in [-0.25, -0.2) is 0 Å². The average molecular weight is 1060 g/mol. The Hall–Kier alpha value is -0.403. The van der Waals surface area contributed by atoms with E-state index in [0.717, 1.165) is 12.8 Å². The summed E-state index contributed by atoms with van der Waals surface area (Å²) in [4.78, 5) is 0. The number of hydrogen-bond acceptors (Lipinski definition) is 3. The summed E-state index contributed by atoms with van der Waals surface area (Å²) in [6.07, 6.45) is 41.3.